The van der Waals surface area contributed by atoms with Crippen LogP contribution in [0.3, 0.4) is 0 Å². The van der Waals surface area contributed by atoms with Crippen LogP contribution in [0.1, 0.15) is 0 Å². The van der Waals surface area contributed by atoms with Crippen LogP contribution in [0.15, 0.2) is 217 Å². The van der Waals surface area contributed by atoms with E-state index < -0.39 is 0 Å². The van der Waals surface area contributed by atoms with Crippen molar-refractivity contribution in [3.8, 4) is 44.5 Å². The van der Waals surface area contributed by atoms with Crippen LogP contribution in [0.25, 0.3) is 77.2 Å². The lowest BCUT2D eigenvalue weighted by atomic mass is 9.98. The van der Waals surface area contributed by atoms with Gasteiger partial charge in [0.15, 0.2) is 0 Å². The quantitative estimate of drug-likeness (QED) is 0.166. The molecule has 0 aliphatic carbocycles. The minimum absolute atomic E-state index is 0.922. The van der Waals surface area contributed by atoms with Gasteiger partial charge in [0.2, 0.25) is 0 Å². The molecule has 54 heavy (non-hydrogen) atoms. The summed E-state index contributed by atoms with van der Waals surface area (Å²) >= 11 is 0. The molecule has 0 saturated heterocycles. The molecule has 0 amide bonds. The second-order valence-corrected chi connectivity index (χ2v) is 13.8. The molecular formula is C52H35NO. The number of hydrogen-bond donors (Lipinski definition) is 0. The first-order chi connectivity index (χ1) is 26.7. The van der Waals surface area contributed by atoms with Crippen molar-refractivity contribution in [2.45, 2.75) is 0 Å². The van der Waals surface area contributed by atoms with E-state index in [0.717, 1.165) is 33.6 Å². The fourth-order valence-electron chi connectivity index (χ4n) is 7.73. The summed E-state index contributed by atoms with van der Waals surface area (Å²) in [6.07, 6.45) is 0. The Morgan fingerprint density at radius 3 is 1.41 bits per heavy atom. The van der Waals surface area contributed by atoms with Crippen molar-refractivity contribution in [3.05, 3.63) is 212 Å². The highest BCUT2D eigenvalue weighted by Crippen LogP contribution is 2.40. The number of fused-ring (bicyclic) bond motifs is 5. The first-order valence-corrected chi connectivity index (χ1v) is 18.4. The summed E-state index contributed by atoms with van der Waals surface area (Å²) in [4.78, 5) is 2.35. The highest BCUT2D eigenvalue weighted by Gasteiger charge is 2.15. The molecule has 0 fully saturated rings. The van der Waals surface area contributed by atoms with Crippen molar-refractivity contribution in [1.29, 1.82) is 0 Å². The van der Waals surface area contributed by atoms with Crippen LogP contribution in [0, 0.1) is 0 Å². The van der Waals surface area contributed by atoms with Crippen LogP contribution < -0.4 is 4.90 Å². The number of nitrogens with zero attached hydrogens (tertiary/aromatic N) is 1. The van der Waals surface area contributed by atoms with Gasteiger partial charge in [-0.05, 0) is 110 Å². The van der Waals surface area contributed by atoms with E-state index >= 15 is 0 Å². The zero-order valence-electron chi connectivity index (χ0n) is 29.6. The maximum absolute atomic E-state index is 6.16. The minimum Gasteiger partial charge on any atom is -0.456 e. The maximum Gasteiger partial charge on any atom is 0.136 e. The van der Waals surface area contributed by atoms with Crippen LogP contribution >= 0.6 is 0 Å². The SMILES string of the molecule is c1ccc(-c2ccc(-c3ccc(N(c4ccc(-c5ccc6c(ccc7oc8ccccc8c76)c5)cc4)c4cccc(-c5ccccc5)c4)cc3)cc2)cc1. The summed E-state index contributed by atoms with van der Waals surface area (Å²) in [5.41, 5.74) is 14.7. The number of furan rings is 1. The molecule has 0 aliphatic rings. The van der Waals surface area contributed by atoms with E-state index in [1.807, 2.05) is 12.1 Å². The molecule has 9 aromatic carbocycles. The molecule has 0 bridgehead atoms. The number of rotatable bonds is 7. The number of hydrogen-bond acceptors (Lipinski definition) is 2. The third-order valence-electron chi connectivity index (χ3n) is 10.5. The molecule has 0 spiro atoms. The van der Waals surface area contributed by atoms with Gasteiger partial charge in [0.1, 0.15) is 11.2 Å². The topological polar surface area (TPSA) is 16.4 Å². The van der Waals surface area contributed by atoms with Crippen molar-refractivity contribution in [2.75, 3.05) is 4.90 Å². The van der Waals surface area contributed by atoms with E-state index in [2.05, 4.69) is 205 Å². The van der Waals surface area contributed by atoms with E-state index in [1.54, 1.807) is 0 Å². The predicted molar refractivity (Wildman–Crippen MR) is 228 cm³/mol. The van der Waals surface area contributed by atoms with Crippen molar-refractivity contribution >= 4 is 49.8 Å². The van der Waals surface area contributed by atoms with Crippen LogP contribution in [0.2, 0.25) is 0 Å². The summed E-state index contributed by atoms with van der Waals surface area (Å²) in [7, 11) is 0. The largest absolute Gasteiger partial charge is 0.456 e. The molecule has 0 N–H and O–H groups in total. The molecule has 1 aromatic heterocycles. The van der Waals surface area contributed by atoms with Crippen LogP contribution in [-0.2, 0) is 0 Å². The van der Waals surface area contributed by atoms with Crippen molar-refractivity contribution < 1.29 is 4.42 Å². The molecule has 10 aromatic rings. The normalized spacial score (nSPS) is 11.3. The fourth-order valence-corrected chi connectivity index (χ4v) is 7.73. The standard InChI is InChI=1S/C52H35NO/c1-3-10-36(11-4-1)38-18-20-39(21-19-38)40-22-28-45(29-23-40)53(47-15-9-14-42(35-47)37-12-5-2-6-13-37)46-30-24-41(25-31-46)43-26-32-48-44(34-43)27-33-51-52(48)49-16-7-8-17-50(49)54-51/h1-35H. The van der Waals surface area contributed by atoms with Crippen molar-refractivity contribution in [3.63, 3.8) is 0 Å². The Balaban J connectivity index is 1.01. The summed E-state index contributed by atoms with van der Waals surface area (Å²) in [6, 6.07) is 75.9. The van der Waals surface area contributed by atoms with Crippen LogP contribution in [0.5, 0.6) is 0 Å². The first kappa shape index (κ1) is 31.6. The molecule has 10 rings (SSSR count). The van der Waals surface area contributed by atoms with Gasteiger partial charge >= 0.3 is 0 Å². The number of para-hydroxylation sites is 1. The van der Waals surface area contributed by atoms with E-state index in [9.17, 15) is 0 Å². The molecule has 2 heteroatoms. The first-order valence-electron chi connectivity index (χ1n) is 18.4. The summed E-state index contributed by atoms with van der Waals surface area (Å²) in [6.45, 7) is 0. The fraction of sp³-hybridized carbons (Fsp3) is 0. The Hall–Kier alpha value is -7.16. The van der Waals surface area contributed by atoms with E-state index in [0.29, 0.717) is 0 Å². The van der Waals surface area contributed by atoms with Crippen molar-refractivity contribution in [1.82, 2.24) is 0 Å². The molecule has 0 atom stereocenters. The minimum atomic E-state index is 0.922. The molecule has 254 valence electrons. The van der Waals surface area contributed by atoms with Gasteiger partial charge in [-0.2, -0.15) is 0 Å². The van der Waals surface area contributed by atoms with E-state index in [4.69, 9.17) is 4.42 Å². The second-order valence-electron chi connectivity index (χ2n) is 13.8. The zero-order valence-corrected chi connectivity index (χ0v) is 29.6. The van der Waals surface area contributed by atoms with Crippen molar-refractivity contribution in [2.24, 2.45) is 0 Å². The molecule has 2 nitrogen and oxygen atoms in total. The Labute approximate surface area is 314 Å². The van der Waals surface area contributed by atoms with Gasteiger partial charge in [-0.1, -0.05) is 158 Å². The molecule has 0 saturated carbocycles. The smallest absolute Gasteiger partial charge is 0.136 e. The average Bonchev–Trinajstić information content (AvgIpc) is 3.64. The molecule has 0 aliphatic heterocycles. The number of anilines is 3. The highest BCUT2D eigenvalue weighted by atomic mass is 16.3. The number of benzene rings is 9. The van der Waals surface area contributed by atoms with Gasteiger partial charge in [0.25, 0.3) is 0 Å². The Morgan fingerprint density at radius 2 is 0.759 bits per heavy atom. The lowest BCUT2D eigenvalue weighted by molar-refractivity contribution is 0.669. The Kier molecular flexibility index (Phi) is 7.85. The Morgan fingerprint density at radius 1 is 0.278 bits per heavy atom. The highest BCUT2D eigenvalue weighted by molar-refractivity contribution is 6.19. The predicted octanol–water partition coefficient (Wildman–Crippen LogP) is 14.9. The molecule has 0 unspecified atom stereocenters. The molecular weight excluding hydrogens is 655 g/mol. The maximum atomic E-state index is 6.16. The van der Waals surface area contributed by atoms with Gasteiger partial charge in [-0.25, -0.2) is 0 Å². The van der Waals surface area contributed by atoms with E-state index in [1.165, 1.54) is 60.7 Å². The van der Waals surface area contributed by atoms with Crippen LogP contribution in [0.4, 0.5) is 17.1 Å². The third-order valence-corrected chi connectivity index (χ3v) is 10.5. The molecule has 1 heterocycles. The third kappa shape index (κ3) is 5.81. The average molecular weight is 690 g/mol. The van der Waals surface area contributed by atoms with Gasteiger partial charge in [0.05, 0.1) is 0 Å². The summed E-state index contributed by atoms with van der Waals surface area (Å²) in [5, 5.41) is 4.73. The van der Waals surface area contributed by atoms with E-state index in [-0.39, 0.29) is 0 Å². The lowest BCUT2D eigenvalue weighted by Crippen LogP contribution is -2.10. The van der Waals surface area contributed by atoms with Gasteiger partial charge < -0.3 is 9.32 Å². The summed E-state index contributed by atoms with van der Waals surface area (Å²) < 4.78 is 6.16. The second kappa shape index (κ2) is 13.4. The van der Waals surface area contributed by atoms with Gasteiger partial charge in [-0.15, -0.1) is 0 Å². The van der Waals surface area contributed by atoms with Gasteiger partial charge in [-0.3, -0.25) is 0 Å². The van der Waals surface area contributed by atoms with Gasteiger partial charge in [0, 0.05) is 27.8 Å². The van der Waals surface area contributed by atoms with Crippen LogP contribution in [-0.4, -0.2) is 0 Å². The summed E-state index contributed by atoms with van der Waals surface area (Å²) in [5.74, 6) is 0. The lowest BCUT2D eigenvalue weighted by Gasteiger charge is -2.26. The monoisotopic (exact) mass is 689 g/mol. The Bertz CT molecular complexity index is 2890. The zero-order chi connectivity index (χ0) is 35.8. The molecule has 0 radical (unpaired) electrons.